The van der Waals surface area contributed by atoms with Gasteiger partial charge in [-0.25, -0.2) is 0 Å². The van der Waals surface area contributed by atoms with Crippen LogP contribution >= 0.6 is 0 Å². The van der Waals surface area contributed by atoms with E-state index in [1.54, 1.807) is 27.5 Å². The van der Waals surface area contributed by atoms with Crippen molar-refractivity contribution in [2.24, 2.45) is 0 Å². The van der Waals surface area contributed by atoms with Crippen molar-refractivity contribution >= 4 is 25.6 Å². The number of benzene rings is 2. The smallest absolute Gasteiger partial charge is 0.0671 e. The van der Waals surface area contributed by atoms with Gasteiger partial charge in [-0.1, -0.05) is 78.0 Å². The molecule has 0 bridgehead atoms. The van der Waals surface area contributed by atoms with Crippen molar-refractivity contribution in [3.05, 3.63) is 75.9 Å². The molecule has 0 saturated carbocycles. The third-order valence-corrected chi connectivity index (χ3v) is 6.80. The molecule has 0 fully saturated rings. The van der Waals surface area contributed by atoms with Crippen LogP contribution < -0.4 is 5.19 Å². The number of rotatable bonds is 2. The summed E-state index contributed by atoms with van der Waals surface area (Å²) >= 11 is 0. The maximum Gasteiger partial charge on any atom is 0.0799 e. The van der Waals surface area contributed by atoms with E-state index in [4.69, 9.17) is 0 Å². The van der Waals surface area contributed by atoms with E-state index < -0.39 is 8.80 Å². The molecule has 1 heteroatoms. The average Bonchev–Trinajstić information content (AvgIpc) is 3.01. The fourth-order valence-corrected chi connectivity index (χ4v) is 5.55. The zero-order valence-electron chi connectivity index (χ0n) is 14.4. The van der Waals surface area contributed by atoms with E-state index in [0.717, 1.165) is 6.42 Å². The topological polar surface area (TPSA) is 0 Å². The van der Waals surface area contributed by atoms with E-state index >= 15 is 0 Å². The fourth-order valence-electron chi connectivity index (χ4n) is 4.33. The van der Waals surface area contributed by atoms with Crippen LogP contribution in [0.3, 0.4) is 0 Å². The van der Waals surface area contributed by atoms with E-state index in [9.17, 15) is 0 Å². The van der Waals surface area contributed by atoms with Gasteiger partial charge in [-0.3, -0.25) is 0 Å². The molecule has 2 aromatic carbocycles. The highest BCUT2D eigenvalue weighted by Crippen LogP contribution is 2.49. The normalized spacial score (nSPS) is 19.2. The summed E-state index contributed by atoms with van der Waals surface area (Å²) in [6.45, 7) is 9.47. The Kier molecular flexibility index (Phi) is 3.42. The van der Waals surface area contributed by atoms with Crippen LogP contribution in [-0.4, -0.2) is 8.80 Å². The molecule has 1 unspecified atom stereocenters. The quantitative estimate of drug-likeness (QED) is 0.670. The standard InChI is InChI=1S/C22H23Si/c1-14-12-16-8-5-6-10-18(16)20(14)21-15(2)13-17-9-7-11-19(22(17)21)23(3)4/h5-12,20H,13H2,1-4H3. The van der Waals surface area contributed by atoms with Crippen LogP contribution in [0.2, 0.25) is 13.1 Å². The van der Waals surface area contributed by atoms with Gasteiger partial charge in [0, 0.05) is 5.92 Å². The molecule has 0 heterocycles. The van der Waals surface area contributed by atoms with Crippen molar-refractivity contribution in [2.75, 3.05) is 0 Å². The highest BCUT2D eigenvalue weighted by Gasteiger charge is 2.33. The highest BCUT2D eigenvalue weighted by atomic mass is 28.3. The van der Waals surface area contributed by atoms with Crippen molar-refractivity contribution < 1.29 is 0 Å². The monoisotopic (exact) mass is 315 g/mol. The van der Waals surface area contributed by atoms with Crippen molar-refractivity contribution in [3.8, 4) is 0 Å². The first kappa shape index (κ1) is 14.7. The van der Waals surface area contributed by atoms with Gasteiger partial charge in [-0.2, -0.15) is 0 Å². The number of hydrogen-bond acceptors (Lipinski definition) is 0. The van der Waals surface area contributed by atoms with Gasteiger partial charge in [0.25, 0.3) is 0 Å². The summed E-state index contributed by atoms with van der Waals surface area (Å²) in [6, 6.07) is 15.9. The first-order valence-corrected chi connectivity index (χ1v) is 11.0. The van der Waals surface area contributed by atoms with Gasteiger partial charge in [0.05, 0.1) is 8.80 Å². The molecule has 0 amide bonds. The SMILES string of the molecule is CC1=Cc2ccccc2C1C1=C(C)Cc2cccc([Si](C)C)c21. The molecule has 0 N–H and O–H groups in total. The molecule has 4 rings (SSSR count). The van der Waals surface area contributed by atoms with Gasteiger partial charge >= 0.3 is 0 Å². The number of allylic oxidation sites excluding steroid dienone is 3. The Morgan fingerprint density at radius 1 is 0.957 bits per heavy atom. The Morgan fingerprint density at radius 3 is 2.52 bits per heavy atom. The first-order valence-electron chi connectivity index (χ1n) is 8.47. The molecule has 0 spiro atoms. The molecular formula is C22H23Si. The van der Waals surface area contributed by atoms with E-state index in [1.165, 1.54) is 16.7 Å². The predicted octanol–water partition coefficient (Wildman–Crippen LogP) is 5.18. The van der Waals surface area contributed by atoms with Gasteiger partial charge < -0.3 is 0 Å². The Morgan fingerprint density at radius 2 is 1.74 bits per heavy atom. The van der Waals surface area contributed by atoms with Crippen molar-refractivity contribution in [2.45, 2.75) is 39.3 Å². The molecule has 115 valence electrons. The average molecular weight is 316 g/mol. The maximum absolute atomic E-state index is 2.41. The highest BCUT2D eigenvalue weighted by molar-refractivity contribution is 6.71. The van der Waals surface area contributed by atoms with E-state index in [2.05, 4.69) is 75.5 Å². The second-order valence-electron chi connectivity index (χ2n) is 7.16. The lowest BCUT2D eigenvalue weighted by Crippen LogP contribution is -2.27. The van der Waals surface area contributed by atoms with Gasteiger partial charge in [-0.15, -0.1) is 0 Å². The second-order valence-corrected chi connectivity index (χ2v) is 9.70. The van der Waals surface area contributed by atoms with Crippen LogP contribution in [0.15, 0.2) is 53.6 Å². The van der Waals surface area contributed by atoms with Crippen LogP contribution in [0.5, 0.6) is 0 Å². The molecule has 0 nitrogen and oxygen atoms in total. The lowest BCUT2D eigenvalue weighted by molar-refractivity contribution is 1.04. The molecule has 1 atom stereocenters. The zero-order chi connectivity index (χ0) is 16.1. The molecule has 2 aliphatic rings. The van der Waals surface area contributed by atoms with E-state index in [0.29, 0.717) is 5.92 Å². The Bertz CT molecular complexity index is 852. The molecule has 2 aliphatic carbocycles. The summed E-state index contributed by atoms with van der Waals surface area (Å²) in [5.41, 5.74) is 10.7. The zero-order valence-corrected chi connectivity index (χ0v) is 15.4. The molecule has 0 aromatic heterocycles. The number of hydrogen-bond donors (Lipinski definition) is 0. The fraction of sp³-hybridized carbons (Fsp3) is 0.273. The van der Waals surface area contributed by atoms with Gasteiger partial charge in [0.15, 0.2) is 0 Å². The van der Waals surface area contributed by atoms with Gasteiger partial charge in [0.1, 0.15) is 0 Å². The minimum absolute atomic E-state index is 0.454. The molecule has 2 aromatic rings. The molecule has 0 saturated heterocycles. The predicted molar refractivity (Wildman–Crippen MR) is 103 cm³/mol. The van der Waals surface area contributed by atoms with Crippen LogP contribution in [0.1, 0.15) is 42.0 Å². The summed E-state index contributed by atoms with van der Waals surface area (Å²) in [6.07, 6.45) is 3.50. The van der Waals surface area contributed by atoms with Crippen LogP contribution in [0.4, 0.5) is 0 Å². The first-order chi connectivity index (χ1) is 11.1. The maximum atomic E-state index is 2.41. The summed E-state index contributed by atoms with van der Waals surface area (Å²) < 4.78 is 0. The summed E-state index contributed by atoms with van der Waals surface area (Å²) in [4.78, 5) is 0. The van der Waals surface area contributed by atoms with Crippen LogP contribution in [0.25, 0.3) is 11.6 Å². The molecule has 0 aliphatic heterocycles. The third kappa shape index (κ3) is 2.18. The minimum atomic E-state index is -0.468. The Labute approximate surface area is 141 Å². The van der Waals surface area contributed by atoms with Crippen molar-refractivity contribution in [3.63, 3.8) is 0 Å². The second kappa shape index (κ2) is 5.35. The van der Waals surface area contributed by atoms with Gasteiger partial charge in [0.2, 0.25) is 0 Å². The Hall–Kier alpha value is -1.86. The molecule has 23 heavy (non-hydrogen) atoms. The van der Waals surface area contributed by atoms with Crippen molar-refractivity contribution in [1.82, 2.24) is 0 Å². The third-order valence-electron chi connectivity index (χ3n) is 5.31. The molecular weight excluding hydrogens is 292 g/mol. The summed E-state index contributed by atoms with van der Waals surface area (Å²) in [5, 5.41) is 1.61. The van der Waals surface area contributed by atoms with Gasteiger partial charge in [-0.05, 0) is 48.1 Å². The number of fused-ring (bicyclic) bond motifs is 2. The summed E-state index contributed by atoms with van der Waals surface area (Å²) in [7, 11) is -0.468. The van der Waals surface area contributed by atoms with Crippen molar-refractivity contribution in [1.29, 1.82) is 0 Å². The van der Waals surface area contributed by atoms with E-state index in [-0.39, 0.29) is 0 Å². The Balaban J connectivity index is 1.93. The van der Waals surface area contributed by atoms with E-state index in [1.807, 2.05) is 0 Å². The van der Waals surface area contributed by atoms with Crippen LogP contribution in [-0.2, 0) is 6.42 Å². The largest absolute Gasteiger partial charge is 0.0799 e. The van der Waals surface area contributed by atoms with Crippen LogP contribution in [0, 0.1) is 0 Å². The lowest BCUT2D eigenvalue weighted by atomic mass is 9.84. The summed E-state index contributed by atoms with van der Waals surface area (Å²) in [5.74, 6) is 0.454. The minimum Gasteiger partial charge on any atom is -0.0671 e. The molecule has 1 radical (unpaired) electrons. The lowest BCUT2D eigenvalue weighted by Gasteiger charge is -2.22.